The van der Waals surface area contributed by atoms with Gasteiger partial charge >= 0.3 is 5.97 Å². The highest BCUT2D eigenvalue weighted by atomic mass is 16.4. The quantitative estimate of drug-likeness (QED) is 0.744. The molecule has 0 saturated carbocycles. The minimum Gasteiger partial charge on any atom is -0.481 e. The minimum absolute atomic E-state index is 0.336. The molecule has 1 aliphatic heterocycles. The fourth-order valence-corrected chi connectivity index (χ4v) is 2.97. The summed E-state index contributed by atoms with van der Waals surface area (Å²) in [6, 6.07) is 0.715. The van der Waals surface area contributed by atoms with Crippen LogP contribution in [0.5, 0.6) is 0 Å². The predicted molar refractivity (Wildman–Crippen MR) is 70.2 cm³/mol. The molecule has 2 unspecified atom stereocenters. The van der Waals surface area contributed by atoms with E-state index < -0.39 is 5.97 Å². The maximum absolute atomic E-state index is 10.6. The summed E-state index contributed by atoms with van der Waals surface area (Å²) < 4.78 is 0. The molecule has 0 radical (unpaired) electrons. The largest absolute Gasteiger partial charge is 0.481 e. The van der Waals surface area contributed by atoms with Crippen molar-refractivity contribution in [3.63, 3.8) is 0 Å². The third-order valence-electron chi connectivity index (χ3n) is 3.93. The molecule has 0 amide bonds. The third-order valence-corrected chi connectivity index (χ3v) is 3.93. The first kappa shape index (κ1) is 14.5. The molecule has 17 heavy (non-hydrogen) atoms. The van der Waals surface area contributed by atoms with Crippen LogP contribution >= 0.6 is 0 Å². The summed E-state index contributed by atoms with van der Waals surface area (Å²) >= 11 is 0. The number of hydrogen-bond donors (Lipinski definition) is 1. The lowest BCUT2D eigenvalue weighted by Gasteiger charge is -2.38. The molecule has 0 aromatic heterocycles. The Hall–Kier alpha value is -0.570. The fraction of sp³-hybridized carbons (Fsp3) is 0.929. The van der Waals surface area contributed by atoms with E-state index in [2.05, 4.69) is 18.7 Å². The average molecular weight is 241 g/mol. The van der Waals surface area contributed by atoms with E-state index >= 15 is 0 Å². The first-order valence-electron chi connectivity index (χ1n) is 7.13. The number of rotatable bonds is 7. The number of carboxylic acid groups (broad SMARTS) is 1. The Morgan fingerprint density at radius 3 is 2.82 bits per heavy atom. The van der Waals surface area contributed by atoms with Crippen LogP contribution < -0.4 is 0 Å². The molecule has 1 fully saturated rings. The molecular formula is C14H27NO2. The van der Waals surface area contributed by atoms with Gasteiger partial charge in [-0.2, -0.15) is 0 Å². The molecular weight excluding hydrogens is 214 g/mol. The number of piperidine rings is 1. The van der Waals surface area contributed by atoms with E-state index in [4.69, 9.17) is 5.11 Å². The average Bonchev–Trinajstić information content (AvgIpc) is 2.34. The van der Waals surface area contributed by atoms with Gasteiger partial charge in [0.05, 0.1) is 0 Å². The number of likely N-dealkylation sites (tertiary alicyclic amines) is 1. The molecule has 3 nitrogen and oxygen atoms in total. The van der Waals surface area contributed by atoms with Crippen molar-refractivity contribution >= 4 is 5.97 Å². The van der Waals surface area contributed by atoms with Gasteiger partial charge in [0.25, 0.3) is 0 Å². The molecule has 0 aromatic rings. The summed E-state index contributed by atoms with van der Waals surface area (Å²) in [6.07, 6.45) is 7.39. The van der Waals surface area contributed by atoms with Crippen LogP contribution in [0, 0.1) is 5.92 Å². The summed E-state index contributed by atoms with van der Waals surface area (Å²) in [5.74, 6) is -0.0477. The van der Waals surface area contributed by atoms with Crippen LogP contribution in [0.15, 0.2) is 0 Å². The maximum Gasteiger partial charge on any atom is 0.303 e. The van der Waals surface area contributed by atoms with Crippen LogP contribution in [0.3, 0.4) is 0 Å². The summed E-state index contributed by atoms with van der Waals surface area (Å²) in [6.45, 7) is 6.84. The van der Waals surface area contributed by atoms with Gasteiger partial charge in [-0.3, -0.25) is 4.79 Å². The van der Waals surface area contributed by atoms with Crippen LogP contribution in [-0.4, -0.2) is 35.1 Å². The molecule has 0 spiro atoms. The summed E-state index contributed by atoms with van der Waals surface area (Å²) in [7, 11) is 0. The van der Waals surface area contributed by atoms with Gasteiger partial charge in [0, 0.05) is 19.0 Å². The first-order chi connectivity index (χ1) is 8.17. The van der Waals surface area contributed by atoms with Gasteiger partial charge in [0.2, 0.25) is 0 Å². The predicted octanol–water partition coefficient (Wildman–Crippen LogP) is 3.14. The van der Waals surface area contributed by atoms with Crippen molar-refractivity contribution in [2.24, 2.45) is 5.92 Å². The van der Waals surface area contributed by atoms with Crippen LogP contribution in [0.4, 0.5) is 0 Å². The summed E-state index contributed by atoms with van der Waals surface area (Å²) in [5.41, 5.74) is 0. The van der Waals surface area contributed by atoms with Gasteiger partial charge in [-0.25, -0.2) is 0 Å². The number of carboxylic acids is 1. The van der Waals surface area contributed by atoms with Crippen LogP contribution in [-0.2, 0) is 4.79 Å². The molecule has 0 aliphatic carbocycles. The monoisotopic (exact) mass is 241 g/mol. The zero-order chi connectivity index (χ0) is 12.7. The van der Waals surface area contributed by atoms with E-state index in [1.807, 2.05) is 0 Å². The standard InChI is InChI=1S/C14H27NO2/c1-3-6-13(4-2)15-10-5-7-12(11-15)8-9-14(16)17/h12-13H,3-11H2,1-2H3,(H,16,17). The van der Waals surface area contributed by atoms with Crippen molar-refractivity contribution < 1.29 is 9.90 Å². The molecule has 0 aromatic carbocycles. The Morgan fingerprint density at radius 2 is 2.24 bits per heavy atom. The topological polar surface area (TPSA) is 40.5 Å². The molecule has 1 aliphatic rings. The van der Waals surface area contributed by atoms with Crippen LogP contribution in [0.1, 0.15) is 58.8 Å². The lowest BCUT2D eigenvalue weighted by Crippen LogP contribution is -2.42. The fourth-order valence-electron chi connectivity index (χ4n) is 2.97. The lowest BCUT2D eigenvalue weighted by molar-refractivity contribution is -0.137. The van der Waals surface area contributed by atoms with E-state index in [-0.39, 0.29) is 0 Å². The number of hydrogen-bond acceptors (Lipinski definition) is 2. The van der Waals surface area contributed by atoms with Gasteiger partial charge in [-0.05, 0) is 44.6 Å². The van der Waals surface area contributed by atoms with E-state index in [1.165, 1.54) is 38.6 Å². The van der Waals surface area contributed by atoms with Crippen molar-refractivity contribution in [3.8, 4) is 0 Å². The highest BCUT2D eigenvalue weighted by molar-refractivity contribution is 5.66. The van der Waals surface area contributed by atoms with E-state index in [0.717, 1.165) is 13.0 Å². The molecule has 2 atom stereocenters. The van der Waals surface area contributed by atoms with Crippen LogP contribution in [0.25, 0.3) is 0 Å². The second-order valence-corrected chi connectivity index (χ2v) is 5.29. The van der Waals surface area contributed by atoms with Crippen molar-refractivity contribution in [1.29, 1.82) is 0 Å². The first-order valence-corrected chi connectivity index (χ1v) is 7.13. The number of carbonyl (C=O) groups is 1. The molecule has 1 rings (SSSR count). The Kier molecular flexibility index (Phi) is 6.56. The van der Waals surface area contributed by atoms with Gasteiger partial charge in [0.15, 0.2) is 0 Å². The van der Waals surface area contributed by atoms with E-state index in [0.29, 0.717) is 18.4 Å². The molecule has 100 valence electrons. The second-order valence-electron chi connectivity index (χ2n) is 5.29. The zero-order valence-corrected chi connectivity index (χ0v) is 11.3. The Labute approximate surface area is 105 Å². The van der Waals surface area contributed by atoms with Crippen molar-refractivity contribution in [1.82, 2.24) is 4.90 Å². The molecule has 0 bridgehead atoms. The SMILES string of the molecule is CCCC(CC)N1CCCC(CCC(=O)O)C1. The Balaban J connectivity index is 2.38. The van der Waals surface area contributed by atoms with Crippen molar-refractivity contribution in [2.75, 3.05) is 13.1 Å². The summed E-state index contributed by atoms with van der Waals surface area (Å²) in [5, 5.41) is 8.74. The molecule has 1 N–H and O–H groups in total. The lowest BCUT2D eigenvalue weighted by atomic mass is 9.91. The maximum atomic E-state index is 10.6. The highest BCUT2D eigenvalue weighted by Crippen LogP contribution is 2.24. The second kappa shape index (κ2) is 7.70. The van der Waals surface area contributed by atoms with E-state index in [9.17, 15) is 4.79 Å². The Morgan fingerprint density at radius 1 is 1.47 bits per heavy atom. The van der Waals surface area contributed by atoms with Gasteiger partial charge < -0.3 is 10.0 Å². The normalized spacial score (nSPS) is 23.5. The molecule has 1 saturated heterocycles. The minimum atomic E-state index is -0.650. The molecule has 1 heterocycles. The van der Waals surface area contributed by atoms with Crippen molar-refractivity contribution in [2.45, 2.75) is 64.8 Å². The number of nitrogens with zero attached hydrogens (tertiary/aromatic N) is 1. The highest BCUT2D eigenvalue weighted by Gasteiger charge is 2.24. The Bertz CT molecular complexity index is 230. The van der Waals surface area contributed by atoms with Gasteiger partial charge in [0.1, 0.15) is 0 Å². The third kappa shape index (κ3) is 5.07. The van der Waals surface area contributed by atoms with Crippen molar-refractivity contribution in [3.05, 3.63) is 0 Å². The number of aliphatic carboxylic acids is 1. The smallest absolute Gasteiger partial charge is 0.303 e. The zero-order valence-electron chi connectivity index (χ0n) is 11.3. The summed E-state index contributed by atoms with van der Waals surface area (Å²) in [4.78, 5) is 13.2. The van der Waals surface area contributed by atoms with Gasteiger partial charge in [-0.1, -0.05) is 20.3 Å². The van der Waals surface area contributed by atoms with E-state index in [1.54, 1.807) is 0 Å². The van der Waals surface area contributed by atoms with Gasteiger partial charge in [-0.15, -0.1) is 0 Å². The molecule has 3 heteroatoms. The van der Waals surface area contributed by atoms with Crippen LogP contribution in [0.2, 0.25) is 0 Å².